The van der Waals surface area contributed by atoms with Crippen molar-refractivity contribution in [1.82, 2.24) is 0 Å². The standard InChI is InChI=1S/C15H14NO5/c17-15-11(16-3-5-18-6-4-16)8-13(21-15)10-1-2-12-14(7-10)20-9-19-12/h1-2,7-8H,3-6,9H2/q+1. The minimum atomic E-state index is -0.315. The van der Waals surface area contributed by atoms with Crippen LogP contribution in [0.4, 0.5) is 0 Å². The minimum absolute atomic E-state index is 0.225. The monoisotopic (exact) mass is 288 g/mol. The number of carbonyl (C=O) groups is 1. The Kier molecular flexibility index (Phi) is 2.89. The first kappa shape index (κ1) is 12.4. The van der Waals surface area contributed by atoms with Crippen molar-refractivity contribution in [3.05, 3.63) is 29.8 Å². The summed E-state index contributed by atoms with van der Waals surface area (Å²) in [5.41, 5.74) is 1.39. The predicted octanol–water partition coefficient (Wildman–Crippen LogP) is 0.797. The summed E-state index contributed by atoms with van der Waals surface area (Å²) >= 11 is 0. The molecule has 0 unspecified atom stereocenters. The van der Waals surface area contributed by atoms with Crippen LogP contribution in [0.15, 0.2) is 24.3 Å². The van der Waals surface area contributed by atoms with Crippen LogP contribution in [0.3, 0.4) is 0 Å². The van der Waals surface area contributed by atoms with E-state index in [-0.39, 0.29) is 12.8 Å². The second-order valence-corrected chi connectivity index (χ2v) is 4.95. The summed E-state index contributed by atoms with van der Waals surface area (Å²) < 4.78 is 23.3. The zero-order chi connectivity index (χ0) is 14.2. The van der Waals surface area contributed by atoms with Gasteiger partial charge in [-0.2, -0.15) is 0 Å². The summed E-state index contributed by atoms with van der Waals surface area (Å²) in [6.07, 6.45) is 1.78. The van der Waals surface area contributed by atoms with Crippen molar-refractivity contribution < 1.29 is 28.3 Å². The van der Waals surface area contributed by atoms with Gasteiger partial charge in [0.05, 0.1) is 6.08 Å². The summed E-state index contributed by atoms with van der Waals surface area (Å²) in [5, 5.41) is 0. The van der Waals surface area contributed by atoms with Crippen molar-refractivity contribution in [1.29, 1.82) is 0 Å². The summed E-state index contributed by atoms with van der Waals surface area (Å²) in [6, 6.07) is 5.50. The predicted molar refractivity (Wildman–Crippen MR) is 72.5 cm³/mol. The lowest BCUT2D eigenvalue weighted by Crippen LogP contribution is -2.34. The fraction of sp³-hybridized carbons (Fsp3) is 0.333. The van der Waals surface area contributed by atoms with Gasteiger partial charge >= 0.3 is 5.97 Å². The Balaban J connectivity index is 1.68. The maximum absolute atomic E-state index is 12.0. The number of rotatable bonds is 1. The average Bonchev–Trinajstić information content (AvgIpc) is 3.13. The average molecular weight is 288 g/mol. The second kappa shape index (κ2) is 4.89. The second-order valence-electron chi connectivity index (χ2n) is 4.95. The Morgan fingerprint density at radius 3 is 2.71 bits per heavy atom. The zero-order valence-corrected chi connectivity index (χ0v) is 11.3. The van der Waals surface area contributed by atoms with Crippen molar-refractivity contribution in [3.8, 4) is 11.5 Å². The molecule has 0 N–H and O–H groups in total. The zero-order valence-electron chi connectivity index (χ0n) is 11.3. The highest BCUT2D eigenvalue weighted by Gasteiger charge is 2.33. The maximum atomic E-state index is 12.0. The van der Waals surface area contributed by atoms with Gasteiger partial charge < -0.3 is 18.9 Å². The van der Waals surface area contributed by atoms with Crippen LogP contribution in [0.2, 0.25) is 0 Å². The van der Waals surface area contributed by atoms with Crippen LogP contribution in [-0.4, -0.2) is 49.4 Å². The molecule has 4 rings (SSSR count). The van der Waals surface area contributed by atoms with E-state index in [1.54, 1.807) is 6.08 Å². The van der Waals surface area contributed by atoms with Crippen molar-refractivity contribution in [2.45, 2.75) is 0 Å². The SMILES string of the molecule is O=C1OC(c2ccc3c(c2)OCO3)=CC1=[N+]1CCOCC1. The number of carbonyl (C=O) groups excluding carboxylic acids is 1. The van der Waals surface area contributed by atoms with Gasteiger partial charge in [-0.15, -0.1) is 0 Å². The first-order valence-electron chi connectivity index (χ1n) is 6.85. The molecule has 0 saturated carbocycles. The van der Waals surface area contributed by atoms with E-state index in [4.69, 9.17) is 18.9 Å². The molecule has 0 atom stereocenters. The van der Waals surface area contributed by atoms with Crippen molar-refractivity contribution in [3.63, 3.8) is 0 Å². The number of fused-ring (bicyclic) bond motifs is 1. The Labute approximate surface area is 121 Å². The summed E-state index contributed by atoms with van der Waals surface area (Å²) in [4.78, 5) is 12.0. The summed E-state index contributed by atoms with van der Waals surface area (Å²) in [7, 11) is 0. The molecule has 21 heavy (non-hydrogen) atoms. The van der Waals surface area contributed by atoms with Gasteiger partial charge in [-0.25, -0.2) is 9.37 Å². The topological polar surface area (TPSA) is 57.0 Å². The Morgan fingerprint density at radius 1 is 1.05 bits per heavy atom. The lowest BCUT2D eigenvalue weighted by atomic mass is 10.1. The molecule has 0 aromatic heterocycles. The number of morpholine rings is 1. The quantitative estimate of drug-likeness (QED) is 0.565. The number of benzene rings is 1. The first-order chi connectivity index (χ1) is 10.3. The van der Waals surface area contributed by atoms with Crippen molar-refractivity contribution >= 4 is 17.4 Å². The number of esters is 1. The third kappa shape index (κ3) is 2.17. The minimum Gasteiger partial charge on any atom is -0.454 e. The molecule has 1 saturated heterocycles. The summed E-state index contributed by atoms with van der Waals surface area (Å²) in [6.45, 7) is 2.89. The number of cyclic esters (lactones) is 1. The molecule has 3 aliphatic heterocycles. The summed E-state index contributed by atoms with van der Waals surface area (Å²) in [5.74, 6) is 1.61. The molecule has 0 bridgehead atoms. The maximum Gasteiger partial charge on any atom is 0.408 e. The van der Waals surface area contributed by atoms with Crippen LogP contribution in [0.1, 0.15) is 5.56 Å². The van der Waals surface area contributed by atoms with E-state index in [9.17, 15) is 4.79 Å². The van der Waals surface area contributed by atoms with Gasteiger partial charge in [0.2, 0.25) is 6.79 Å². The molecule has 6 nitrogen and oxygen atoms in total. The molecule has 1 aromatic rings. The van der Waals surface area contributed by atoms with E-state index in [1.807, 2.05) is 22.8 Å². The van der Waals surface area contributed by atoms with Crippen molar-refractivity contribution in [2.75, 3.05) is 33.1 Å². The lowest BCUT2D eigenvalue weighted by molar-refractivity contribution is -0.547. The number of nitrogens with zero attached hydrogens (tertiary/aromatic N) is 1. The smallest absolute Gasteiger partial charge is 0.408 e. The van der Waals surface area contributed by atoms with Gasteiger partial charge in [0, 0.05) is 5.56 Å². The third-order valence-corrected chi connectivity index (χ3v) is 3.69. The fourth-order valence-electron chi connectivity index (χ4n) is 2.58. The van der Waals surface area contributed by atoms with Crippen LogP contribution in [0.25, 0.3) is 5.76 Å². The third-order valence-electron chi connectivity index (χ3n) is 3.69. The molecule has 0 spiro atoms. The molecule has 6 heteroatoms. The Morgan fingerprint density at radius 2 is 1.86 bits per heavy atom. The van der Waals surface area contributed by atoms with Gasteiger partial charge in [-0.1, -0.05) is 0 Å². The molecule has 0 amide bonds. The molecule has 3 heterocycles. The Hall–Kier alpha value is -2.34. The molecule has 1 aromatic carbocycles. The Bertz CT molecular complexity index is 669. The molecule has 108 valence electrons. The van der Waals surface area contributed by atoms with E-state index in [0.717, 1.165) is 5.56 Å². The van der Waals surface area contributed by atoms with Crippen LogP contribution in [0.5, 0.6) is 11.5 Å². The van der Waals surface area contributed by atoms with Gasteiger partial charge in [0.25, 0.3) is 5.71 Å². The van der Waals surface area contributed by atoms with Gasteiger partial charge in [-0.3, -0.25) is 0 Å². The van der Waals surface area contributed by atoms with Gasteiger partial charge in [0.15, 0.2) is 24.6 Å². The van der Waals surface area contributed by atoms with Gasteiger partial charge in [0.1, 0.15) is 19.0 Å². The lowest BCUT2D eigenvalue weighted by Gasteiger charge is -2.10. The molecule has 1 fully saturated rings. The first-order valence-corrected chi connectivity index (χ1v) is 6.85. The molecular formula is C15H14NO5+. The normalized spacial score (nSPS) is 20.6. The molecule has 3 aliphatic rings. The van der Waals surface area contributed by atoms with Gasteiger partial charge in [-0.05, 0) is 18.2 Å². The number of hydrogen-bond acceptors (Lipinski definition) is 5. The number of hydrogen-bond donors (Lipinski definition) is 0. The van der Waals surface area contributed by atoms with Crippen LogP contribution >= 0.6 is 0 Å². The van der Waals surface area contributed by atoms with Crippen molar-refractivity contribution in [2.24, 2.45) is 0 Å². The largest absolute Gasteiger partial charge is 0.454 e. The van der Waals surface area contributed by atoms with E-state index in [2.05, 4.69) is 0 Å². The van der Waals surface area contributed by atoms with E-state index in [0.29, 0.717) is 49.3 Å². The van der Waals surface area contributed by atoms with E-state index < -0.39 is 0 Å². The molecular weight excluding hydrogens is 274 g/mol. The highest BCUT2D eigenvalue weighted by Crippen LogP contribution is 2.35. The van der Waals surface area contributed by atoms with E-state index >= 15 is 0 Å². The van der Waals surface area contributed by atoms with Crippen LogP contribution in [-0.2, 0) is 14.3 Å². The fourth-order valence-corrected chi connectivity index (χ4v) is 2.58. The van der Waals surface area contributed by atoms with Crippen LogP contribution < -0.4 is 9.47 Å². The highest BCUT2D eigenvalue weighted by atomic mass is 16.7. The van der Waals surface area contributed by atoms with Crippen LogP contribution in [0, 0.1) is 0 Å². The number of ether oxygens (including phenoxy) is 4. The molecule has 0 aliphatic carbocycles. The highest BCUT2D eigenvalue weighted by molar-refractivity contribution is 6.43. The molecule has 0 radical (unpaired) electrons. The van der Waals surface area contributed by atoms with E-state index in [1.165, 1.54) is 0 Å².